The number of halogens is 2. The lowest BCUT2D eigenvalue weighted by molar-refractivity contribution is 1.16. The van der Waals surface area contributed by atoms with Gasteiger partial charge in [-0.15, -0.1) is 0 Å². The minimum atomic E-state index is 0.768. The van der Waals surface area contributed by atoms with Crippen molar-refractivity contribution in [3.05, 3.63) is 33.3 Å². The van der Waals surface area contributed by atoms with Crippen molar-refractivity contribution < 1.29 is 0 Å². The molecule has 3 heteroatoms. The van der Waals surface area contributed by atoms with Gasteiger partial charge >= 0.3 is 0 Å². The molecule has 1 rings (SSSR count). The van der Waals surface area contributed by atoms with Crippen molar-refractivity contribution in [1.82, 2.24) is 0 Å². The highest BCUT2D eigenvalue weighted by Gasteiger charge is 1.97. The van der Waals surface area contributed by atoms with Crippen molar-refractivity contribution >= 4 is 40.2 Å². The van der Waals surface area contributed by atoms with Crippen LogP contribution in [0.15, 0.2) is 22.7 Å². The maximum Gasteiger partial charge on any atom is 0.0550 e. The van der Waals surface area contributed by atoms with Crippen LogP contribution in [0, 0.1) is 0 Å². The molecule has 1 aromatic carbocycles. The van der Waals surface area contributed by atoms with Gasteiger partial charge in [0.15, 0.2) is 0 Å². The quantitative estimate of drug-likeness (QED) is 0.763. The molecule has 0 saturated heterocycles. The van der Waals surface area contributed by atoms with E-state index in [0.29, 0.717) is 0 Å². The monoisotopic (exact) mass is 250 g/mol. The lowest BCUT2D eigenvalue weighted by Crippen LogP contribution is -1.85. The number of rotatable bonds is 2. The summed E-state index contributed by atoms with van der Waals surface area (Å²) in [6.07, 6.45) is 0.968. The Balaban J connectivity index is 2.86. The van der Waals surface area contributed by atoms with Crippen LogP contribution in [0.4, 0.5) is 0 Å². The van der Waals surface area contributed by atoms with Gasteiger partial charge in [-0.2, -0.15) is 12.6 Å². The van der Waals surface area contributed by atoms with Gasteiger partial charge in [0.25, 0.3) is 0 Å². The van der Waals surface area contributed by atoms with Gasteiger partial charge in [0.1, 0.15) is 0 Å². The molecule has 0 aliphatic carbocycles. The highest BCUT2D eigenvalue weighted by Crippen LogP contribution is 2.23. The van der Waals surface area contributed by atoms with Crippen molar-refractivity contribution in [3.63, 3.8) is 0 Å². The Bertz CT molecular complexity index is 250. The number of thiol groups is 1. The SMILES string of the molecule is SCCc1ccc(Br)c(Cl)c1. The van der Waals surface area contributed by atoms with Crippen LogP contribution in [0.3, 0.4) is 0 Å². The van der Waals surface area contributed by atoms with Crippen LogP contribution < -0.4 is 0 Å². The van der Waals surface area contributed by atoms with Crippen LogP contribution >= 0.6 is 40.2 Å². The number of benzene rings is 1. The molecule has 1 aromatic rings. The number of hydrogen-bond donors (Lipinski definition) is 1. The summed E-state index contributed by atoms with van der Waals surface area (Å²) in [7, 11) is 0. The Morgan fingerprint density at radius 2 is 2.18 bits per heavy atom. The summed E-state index contributed by atoms with van der Waals surface area (Å²) in [4.78, 5) is 0. The Morgan fingerprint density at radius 1 is 1.45 bits per heavy atom. The molecule has 0 bridgehead atoms. The molecule has 0 fully saturated rings. The molecule has 0 nitrogen and oxygen atoms in total. The normalized spacial score (nSPS) is 10.1. The van der Waals surface area contributed by atoms with Gasteiger partial charge in [-0.25, -0.2) is 0 Å². The van der Waals surface area contributed by atoms with Crippen LogP contribution in [0.1, 0.15) is 5.56 Å². The third-order valence-electron chi connectivity index (χ3n) is 1.38. The summed E-state index contributed by atoms with van der Waals surface area (Å²) in [5, 5.41) is 0.768. The van der Waals surface area contributed by atoms with Gasteiger partial charge < -0.3 is 0 Å². The Labute approximate surface area is 85.5 Å². The fraction of sp³-hybridized carbons (Fsp3) is 0.250. The molecule has 0 amide bonds. The Hall–Kier alpha value is 0.340. The van der Waals surface area contributed by atoms with Crippen molar-refractivity contribution in [2.45, 2.75) is 6.42 Å². The van der Waals surface area contributed by atoms with Gasteiger partial charge in [0, 0.05) is 4.47 Å². The summed E-state index contributed by atoms with van der Waals surface area (Å²) in [6, 6.07) is 5.97. The molecule has 0 saturated carbocycles. The second kappa shape index (κ2) is 4.39. The zero-order valence-electron chi connectivity index (χ0n) is 5.85. The molecule has 11 heavy (non-hydrogen) atoms. The van der Waals surface area contributed by atoms with Crippen molar-refractivity contribution in [2.75, 3.05) is 5.75 Å². The lowest BCUT2D eigenvalue weighted by atomic mass is 10.2. The van der Waals surface area contributed by atoms with E-state index in [-0.39, 0.29) is 0 Å². The van der Waals surface area contributed by atoms with Gasteiger partial charge in [-0.05, 0) is 45.8 Å². The highest BCUT2D eigenvalue weighted by atomic mass is 79.9. The smallest absolute Gasteiger partial charge is 0.0550 e. The van der Waals surface area contributed by atoms with Gasteiger partial charge in [0.2, 0.25) is 0 Å². The van der Waals surface area contributed by atoms with E-state index in [0.717, 1.165) is 21.7 Å². The molecule has 0 unspecified atom stereocenters. The largest absolute Gasteiger partial charge is 0.179 e. The van der Waals surface area contributed by atoms with E-state index in [4.69, 9.17) is 11.6 Å². The first-order chi connectivity index (χ1) is 5.24. The van der Waals surface area contributed by atoms with Crippen molar-refractivity contribution in [1.29, 1.82) is 0 Å². The molecule has 0 N–H and O–H groups in total. The lowest BCUT2D eigenvalue weighted by Gasteiger charge is -1.99. The van der Waals surface area contributed by atoms with Crippen LogP contribution in [-0.4, -0.2) is 5.75 Å². The molecular formula is C8H8BrClS. The van der Waals surface area contributed by atoms with E-state index in [1.54, 1.807) is 0 Å². The Morgan fingerprint density at radius 3 is 2.73 bits per heavy atom. The Kier molecular flexibility index (Phi) is 3.76. The fourth-order valence-corrected chi connectivity index (χ4v) is 1.53. The van der Waals surface area contributed by atoms with E-state index in [1.165, 1.54) is 5.56 Å². The molecule has 0 atom stereocenters. The van der Waals surface area contributed by atoms with Gasteiger partial charge in [-0.1, -0.05) is 17.7 Å². The average molecular weight is 252 g/mol. The third kappa shape index (κ3) is 2.69. The summed E-state index contributed by atoms with van der Waals surface area (Å²) >= 11 is 13.3. The summed E-state index contributed by atoms with van der Waals surface area (Å²) in [5.74, 6) is 0.859. The topological polar surface area (TPSA) is 0 Å². The minimum absolute atomic E-state index is 0.768. The van der Waals surface area contributed by atoms with Gasteiger partial charge in [-0.3, -0.25) is 0 Å². The number of aryl methyl sites for hydroxylation is 1. The van der Waals surface area contributed by atoms with Crippen molar-refractivity contribution in [3.8, 4) is 0 Å². The molecule has 0 aliphatic heterocycles. The van der Waals surface area contributed by atoms with Crippen LogP contribution in [0.2, 0.25) is 5.02 Å². The second-order valence-corrected chi connectivity index (χ2v) is 3.93. The third-order valence-corrected chi connectivity index (χ3v) is 2.84. The first kappa shape index (κ1) is 9.43. The number of hydrogen-bond acceptors (Lipinski definition) is 1. The van der Waals surface area contributed by atoms with E-state index in [9.17, 15) is 0 Å². The molecular weight excluding hydrogens is 244 g/mol. The maximum atomic E-state index is 5.88. The fourth-order valence-electron chi connectivity index (χ4n) is 0.824. The predicted molar refractivity (Wildman–Crippen MR) is 56.7 cm³/mol. The first-order valence-electron chi connectivity index (χ1n) is 3.29. The molecule has 0 radical (unpaired) electrons. The molecule has 0 spiro atoms. The predicted octanol–water partition coefficient (Wildman–Crippen LogP) is 3.57. The van der Waals surface area contributed by atoms with Gasteiger partial charge in [0.05, 0.1) is 5.02 Å². The van der Waals surface area contributed by atoms with E-state index >= 15 is 0 Å². The summed E-state index contributed by atoms with van der Waals surface area (Å²) in [6.45, 7) is 0. The minimum Gasteiger partial charge on any atom is -0.179 e. The summed E-state index contributed by atoms with van der Waals surface area (Å²) < 4.78 is 0.946. The van der Waals surface area contributed by atoms with Crippen LogP contribution in [0.5, 0.6) is 0 Å². The van der Waals surface area contributed by atoms with Crippen molar-refractivity contribution in [2.24, 2.45) is 0 Å². The average Bonchev–Trinajstić information content (AvgIpc) is 1.98. The summed E-state index contributed by atoms with van der Waals surface area (Å²) in [5.41, 5.74) is 1.23. The van der Waals surface area contributed by atoms with Crippen LogP contribution in [-0.2, 0) is 6.42 Å². The first-order valence-corrected chi connectivity index (χ1v) is 5.09. The molecule has 0 aliphatic rings. The maximum absolute atomic E-state index is 5.88. The molecule has 60 valence electrons. The highest BCUT2D eigenvalue weighted by molar-refractivity contribution is 9.10. The molecule has 0 heterocycles. The standard InChI is InChI=1S/C8H8BrClS/c9-7-2-1-6(3-4-11)5-8(7)10/h1-2,5,11H,3-4H2. The molecule has 0 aromatic heterocycles. The zero-order chi connectivity index (χ0) is 8.27. The second-order valence-electron chi connectivity index (χ2n) is 2.22. The van der Waals surface area contributed by atoms with E-state index < -0.39 is 0 Å². The zero-order valence-corrected chi connectivity index (χ0v) is 9.09. The van der Waals surface area contributed by atoms with E-state index in [2.05, 4.69) is 28.6 Å². The van der Waals surface area contributed by atoms with E-state index in [1.807, 2.05) is 18.2 Å². The van der Waals surface area contributed by atoms with Crippen LogP contribution in [0.25, 0.3) is 0 Å².